The summed E-state index contributed by atoms with van der Waals surface area (Å²) < 4.78 is 45.9. The number of carboxylic acids is 1. The van der Waals surface area contributed by atoms with Gasteiger partial charge in [-0.3, -0.25) is 10.00 Å². The number of hydrogen-bond acceptors (Lipinski definition) is 4. The monoisotopic (exact) mass is 419 g/mol. The molecule has 3 rings (SSSR count). The van der Waals surface area contributed by atoms with Crippen LogP contribution < -0.4 is 5.32 Å². The Bertz CT molecular complexity index is 1030. The Morgan fingerprint density at radius 1 is 1.03 bits per heavy atom. The minimum Gasteiger partial charge on any atom is -0.478 e. The van der Waals surface area contributed by atoms with E-state index in [2.05, 4.69) is 10.4 Å². The smallest absolute Gasteiger partial charge is 0.437 e. The summed E-state index contributed by atoms with van der Waals surface area (Å²) in [6, 6.07) is 14.3. The van der Waals surface area contributed by atoms with Crippen molar-refractivity contribution in [3.05, 3.63) is 83.2 Å². The van der Waals surface area contributed by atoms with Crippen molar-refractivity contribution in [1.82, 2.24) is 9.78 Å². The summed E-state index contributed by atoms with van der Waals surface area (Å²) in [4.78, 5) is 22.8. The minimum absolute atomic E-state index is 0.0519. The predicted molar refractivity (Wildman–Crippen MR) is 100.0 cm³/mol. The van der Waals surface area contributed by atoms with Gasteiger partial charge in [-0.15, -0.1) is 0 Å². The number of ether oxygens (including phenoxy) is 1. The molecule has 1 heterocycles. The Balaban J connectivity index is 1.72. The largest absolute Gasteiger partial charge is 0.478 e. The zero-order chi connectivity index (χ0) is 21.7. The number of nitrogens with zero attached hydrogens (tertiary/aromatic N) is 2. The van der Waals surface area contributed by atoms with Gasteiger partial charge in [-0.25, -0.2) is 9.59 Å². The van der Waals surface area contributed by atoms with Gasteiger partial charge in [0.05, 0.1) is 17.8 Å². The highest BCUT2D eigenvalue weighted by atomic mass is 19.4. The number of amides is 1. The van der Waals surface area contributed by atoms with E-state index in [1.165, 1.54) is 24.3 Å². The van der Waals surface area contributed by atoms with E-state index in [0.717, 1.165) is 10.9 Å². The van der Waals surface area contributed by atoms with E-state index in [-0.39, 0.29) is 18.7 Å². The van der Waals surface area contributed by atoms with E-state index >= 15 is 0 Å². The number of halogens is 3. The van der Waals surface area contributed by atoms with Crippen molar-refractivity contribution in [2.24, 2.45) is 0 Å². The van der Waals surface area contributed by atoms with Crippen molar-refractivity contribution < 1.29 is 32.6 Å². The summed E-state index contributed by atoms with van der Waals surface area (Å²) >= 11 is 0. The van der Waals surface area contributed by atoms with Gasteiger partial charge < -0.3 is 9.84 Å². The fourth-order valence-electron chi connectivity index (χ4n) is 2.61. The van der Waals surface area contributed by atoms with Crippen LogP contribution in [0.5, 0.6) is 0 Å². The highest BCUT2D eigenvalue weighted by molar-refractivity contribution is 5.87. The Labute approximate surface area is 168 Å². The average molecular weight is 419 g/mol. The molecule has 0 spiro atoms. The number of benzene rings is 2. The first kappa shape index (κ1) is 20.9. The normalized spacial score (nSPS) is 11.2. The third-order valence-corrected chi connectivity index (χ3v) is 4.03. The van der Waals surface area contributed by atoms with Crippen LogP contribution in [0.1, 0.15) is 27.2 Å². The molecular formula is C20H16F3N3O4. The molecule has 0 aliphatic heterocycles. The van der Waals surface area contributed by atoms with Crippen LogP contribution in [-0.4, -0.2) is 26.9 Å². The van der Waals surface area contributed by atoms with Crippen molar-refractivity contribution in [3.63, 3.8) is 0 Å². The molecule has 7 nitrogen and oxygen atoms in total. The maximum atomic E-state index is 13.3. The zero-order valence-electron chi connectivity index (χ0n) is 15.4. The number of alkyl halides is 3. The first-order chi connectivity index (χ1) is 14.2. The molecule has 0 saturated carbocycles. The summed E-state index contributed by atoms with van der Waals surface area (Å²) in [5.41, 5.74) is -0.527. The molecule has 156 valence electrons. The first-order valence-electron chi connectivity index (χ1n) is 8.67. The molecular weight excluding hydrogens is 403 g/mol. The fraction of sp³-hybridized carbons (Fsp3) is 0.150. The molecule has 0 saturated heterocycles. The van der Waals surface area contributed by atoms with Crippen LogP contribution in [0, 0.1) is 0 Å². The maximum Gasteiger partial charge on any atom is 0.437 e. The number of carboxylic acid groups (broad SMARTS) is 1. The number of carbonyl (C=O) groups excluding carboxylic acids is 1. The molecule has 2 aromatic carbocycles. The van der Waals surface area contributed by atoms with Gasteiger partial charge in [0.2, 0.25) is 0 Å². The number of aromatic carboxylic acids is 1. The SMILES string of the molecule is O=C(Nc1cn(Cc2ccc(C(=O)O)cc2)nc1C(F)(F)F)OCc1ccccc1. The Hall–Kier alpha value is -3.82. The maximum absolute atomic E-state index is 13.3. The van der Waals surface area contributed by atoms with Crippen LogP contribution in [0.3, 0.4) is 0 Å². The van der Waals surface area contributed by atoms with Gasteiger partial charge >= 0.3 is 18.2 Å². The van der Waals surface area contributed by atoms with Crippen LogP contribution >= 0.6 is 0 Å². The predicted octanol–water partition coefficient (Wildman–Crippen LogP) is 4.40. The second kappa shape index (κ2) is 8.68. The summed E-state index contributed by atoms with van der Waals surface area (Å²) in [5.74, 6) is -1.11. The summed E-state index contributed by atoms with van der Waals surface area (Å²) in [5, 5.41) is 14.5. The van der Waals surface area contributed by atoms with Gasteiger partial charge in [-0.2, -0.15) is 18.3 Å². The summed E-state index contributed by atoms with van der Waals surface area (Å²) in [7, 11) is 0. The Morgan fingerprint density at radius 2 is 1.70 bits per heavy atom. The second-order valence-electron chi connectivity index (χ2n) is 6.28. The highest BCUT2D eigenvalue weighted by Crippen LogP contribution is 2.33. The van der Waals surface area contributed by atoms with Crippen molar-refractivity contribution in [2.45, 2.75) is 19.3 Å². The lowest BCUT2D eigenvalue weighted by Crippen LogP contribution is -2.17. The molecule has 10 heteroatoms. The Kier molecular flexibility index (Phi) is 6.05. The van der Waals surface area contributed by atoms with E-state index in [1.54, 1.807) is 30.3 Å². The van der Waals surface area contributed by atoms with Crippen LogP contribution in [0.2, 0.25) is 0 Å². The molecule has 0 fully saturated rings. The molecule has 0 unspecified atom stereocenters. The van der Waals surface area contributed by atoms with E-state index in [4.69, 9.17) is 9.84 Å². The van der Waals surface area contributed by atoms with Gasteiger partial charge in [-0.1, -0.05) is 42.5 Å². The van der Waals surface area contributed by atoms with E-state index in [1.807, 2.05) is 0 Å². The van der Waals surface area contributed by atoms with Crippen molar-refractivity contribution in [2.75, 3.05) is 5.32 Å². The Morgan fingerprint density at radius 3 is 2.30 bits per heavy atom. The van der Waals surface area contributed by atoms with E-state index in [0.29, 0.717) is 11.1 Å². The molecule has 0 aliphatic rings. The third-order valence-electron chi connectivity index (χ3n) is 4.03. The van der Waals surface area contributed by atoms with Gasteiger partial charge in [0, 0.05) is 6.20 Å². The molecule has 0 radical (unpaired) electrons. The fourth-order valence-corrected chi connectivity index (χ4v) is 2.61. The van der Waals surface area contributed by atoms with Gasteiger partial charge in [0.15, 0.2) is 5.69 Å². The molecule has 30 heavy (non-hydrogen) atoms. The minimum atomic E-state index is -4.79. The quantitative estimate of drug-likeness (QED) is 0.618. The lowest BCUT2D eigenvalue weighted by molar-refractivity contribution is -0.140. The van der Waals surface area contributed by atoms with Crippen LogP contribution in [0.25, 0.3) is 0 Å². The van der Waals surface area contributed by atoms with Gasteiger partial charge in [0.25, 0.3) is 0 Å². The van der Waals surface area contributed by atoms with E-state index in [9.17, 15) is 22.8 Å². The first-order valence-corrected chi connectivity index (χ1v) is 8.67. The summed E-state index contributed by atoms with van der Waals surface area (Å²) in [6.45, 7) is -0.151. The van der Waals surface area contributed by atoms with Gasteiger partial charge in [-0.05, 0) is 23.3 Å². The number of anilines is 1. The molecule has 3 aromatic rings. The molecule has 0 atom stereocenters. The number of hydrogen-bond donors (Lipinski definition) is 2. The lowest BCUT2D eigenvalue weighted by atomic mass is 10.1. The molecule has 1 aromatic heterocycles. The number of carbonyl (C=O) groups is 2. The number of nitrogens with one attached hydrogen (secondary N) is 1. The molecule has 0 bridgehead atoms. The molecule has 1 amide bonds. The third kappa shape index (κ3) is 5.37. The zero-order valence-corrected chi connectivity index (χ0v) is 15.4. The summed E-state index contributed by atoms with van der Waals surface area (Å²) in [6.07, 6.45) is -4.80. The van der Waals surface area contributed by atoms with Crippen LogP contribution in [0.4, 0.5) is 23.7 Å². The van der Waals surface area contributed by atoms with Crippen LogP contribution in [0.15, 0.2) is 60.8 Å². The van der Waals surface area contributed by atoms with Crippen LogP contribution in [-0.2, 0) is 24.1 Å². The van der Waals surface area contributed by atoms with Gasteiger partial charge in [0.1, 0.15) is 6.61 Å². The molecule has 0 aliphatic carbocycles. The molecule has 2 N–H and O–H groups in total. The van der Waals surface area contributed by atoms with E-state index < -0.39 is 29.6 Å². The lowest BCUT2D eigenvalue weighted by Gasteiger charge is -2.08. The van der Waals surface area contributed by atoms with Crippen molar-refractivity contribution in [1.29, 1.82) is 0 Å². The number of rotatable bonds is 6. The number of aromatic nitrogens is 2. The van der Waals surface area contributed by atoms with Crippen molar-refractivity contribution >= 4 is 17.7 Å². The standard InChI is InChI=1S/C20H16F3N3O4/c21-20(22,23)17-16(24-19(29)30-12-14-4-2-1-3-5-14)11-26(25-17)10-13-6-8-15(9-7-13)18(27)28/h1-9,11H,10,12H2,(H,24,29)(H,27,28). The topological polar surface area (TPSA) is 93.5 Å². The second-order valence-corrected chi connectivity index (χ2v) is 6.28. The van der Waals surface area contributed by atoms with Crippen molar-refractivity contribution in [3.8, 4) is 0 Å². The average Bonchev–Trinajstić information content (AvgIpc) is 3.10. The highest BCUT2D eigenvalue weighted by Gasteiger charge is 2.38.